The zero-order valence-corrected chi connectivity index (χ0v) is 21.0. The van der Waals surface area contributed by atoms with Gasteiger partial charge in [0.05, 0.1) is 22.8 Å². The van der Waals surface area contributed by atoms with Gasteiger partial charge in [-0.2, -0.15) is 0 Å². The SMILES string of the molecule is CC(C)c1csc(CCc2ccn3c(=O)c(/C=C/C(=O)O)c(N4CCC[C@@H](OC(N)=O)C4)nc3c2)n1. The lowest BCUT2D eigenvalue weighted by atomic mass is 10.1. The number of carboxylic acid groups (broad SMARTS) is 1. The molecule has 11 heteroatoms. The molecule has 4 rings (SSSR count). The maximum absolute atomic E-state index is 13.4. The van der Waals surface area contributed by atoms with Crippen molar-refractivity contribution in [3.05, 3.63) is 62.0 Å². The highest BCUT2D eigenvalue weighted by molar-refractivity contribution is 7.09. The average molecular weight is 512 g/mol. The highest BCUT2D eigenvalue weighted by atomic mass is 32.1. The van der Waals surface area contributed by atoms with Crippen molar-refractivity contribution in [2.24, 2.45) is 5.73 Å². The van der Waals surface area contributed by atoms with E-state index in [9.17, 15) is 14.4 Å². The number of hydrogen-bond donors (Lipinski definition) is 2. The van der Waals surface area contributed by atoms with Crippen LogP contribution in [0.15, 0.2) is 34.6 Å². The largest absolute Gasteiger partial charge is 0.478 e. The fraction of sp³-hybridized carbons (Fsp3) is 0.400. The monoisotopic (exact) mass is 511 g/mol. The number of carbonyl (C=O) groups excluding carboxylic acids is 1. The number of nitrogens with two attached hydrogens (primary N) is 1. The zero-order valence-electron chi connectivity index (χ0n) is 20.2. The minimum Gasteiger partial charge on any atom is -0.478 e. The number of rotatable bonds is 8. The van der Waals surface area contributed by atoms with Crippen LogP contribution in [0.25, 0.3) is 11.7 Å². The number of amides is 1. The van der Waals surface area contributed by atoms with Crippen molar-refractivity contribution in [3.63, 3.8) is 0 Å². The number of thiazole rings is 1. The summed E-state index contributed by atoms with van der Waals surface area (Å²) in [5.41, 5.74) is 7.53. The number of aryl methyl sites for hydroxylation is 2. The van der Waals surface area contributed by atoms with E-state index in [1.807, 2.05) is 17.0 Å². The Kier molecular flexibility index (Phi) is 7.68. The molecule has 190 valence electrons. The van der Waals surface area contributed by atoms with Crippen LogP contribution in [0, 0.1) is 0 Å². The third-order valence-corrected chi connectivity index (χ3v) is 6.98. The number of hydrogen-bond acceptors (Lipinski definition) is 8. The normalized spacial score (nSPS) is 16.2. The van der Waals surface area contributed by atoms with E-state index < -0.39 is 18.2 Å². The van der Waals surface area contributed by atoms with Crippen molar-refractivity contribution in [1.29, 1.82) is 0 Å². The molecule has 0 radical (unpaired) electrons. The number of primary amides is 1. The predicted octanol–water partition coefficient (Wildman–Crippen LogP) is 3.22. The summed E-state index contributed by atoms with van der Waals surface area (Å²) in [5.74, 6) is -0.427. The predicted molar refractivity (Wildman–Crippen MR) is 138 cm³/mol. The zero-order chi connectivity index (χ0) is 25.8. The van der Waals surface area contributed by atoms with E-state index in [0.29, 0.717) is 43.3 Å². The number of aliphatic carboxylic acids is 1. The van der Waals surface area contributed by atoms with Crippen molar-refractivity contribution in [2.45, 2.75) is 51.6 Å². The first-order valence-electron chi connectivity index (χ1n) is 11.8. The molecule has 0 bridgehead atoms. The Bertz CT molecular complexity index is 1360. The summed E-state index contributed by atoms with van der Waals surface area (Å²) >= 11 is 1.65. The Balaban J connectivity index is 1.67. The smallest absolute Gasteiger partial charge is 0.404 e. The molecular formula is C25H29N5O5S. The van der Waals surface area contributed by atoms with Crippen LogP contribution in [0.5, 0.6) is 0 Å². The van der Waals surface area contributed by atoms with Gasteiger partial charge in [0.2, 0.25) is 0 Å². The van der Waals surface area contributed by atoms with Crippen LogP contribution in [0.3, 0.4) is 0 Å². The minimum absolute atomic E-state index is 0.159. The van der Waals surface area contributed by atoms with Crippen LogP contribution in [0.1, 0.15) is 54.4 Å². The highest BCUT2D eigenvalue weighted by Crippen LogP contribution is 2.24. The number of carbonyl (C=O) groups is 2. The summed E-state index contributed by atoms with van der Waals surface area (Å²) in [7, 11) is 0. The van der Waals surface area contributed by atoms with Crippen molar-refractivity contribution >= 4 is 40.9 Å². The van der Waals surface area contributed by atoms with Crippen molar-refractivity contribution in [2.75, 3.05) is 18.0 Å². The van der Waals surface area contributed by atoms with E-state index in [2.05, 4.69) is 19.2 Å². The molecule has 1 fully saturated rings. The molecule has 0 unspecified atom stereocenters. The molecule has 36 heavy (non-hydrogen) atoms. The fourth-order valence-electron chi connectivity index (χ4n) is 4.23. The van der Waals surface area contributed by atoms with E-state index in [-0.39, 0.29) is 11.1 Å². The third-order valence-electron chi connectivity index (χ3n) is 6.05. The summed E-state index contributed by atoms with van der Waals surface area (Å²) < 4.78 is 6.59. The molecule has 1 saturated heterocycles. The molecule has 1 aliphatic heterocycles. The molecule has 0 saturated carbocycles. The second kappa shape index (κ2) is 10.9. The highest BCUT2D eigenvalue weighted by Gasteiger charge is 2.26. The molecule has 1 aliphatic rings. The molecular weight excluding hydrogens is 482 g/mol. The lowest BCUT2D eigenvalue weighted by Crippen LogP contribution is -2.43. The van der Waals surface area contributed by atoms with Crippen molar-refractivity contribution in [1.82, 2.24) is 14.4 Å². The van der Waals surface area contributed by atoms with Gasteiger partial charge in [0, 0.05) is 30.6 Å². The van der Waals surface area contributed by atoms with Crippen LogP contribution in [-0.2, 0) is 22.4 Å². The van der Waals surface area contributed by atoms with E-state index in [0.717, 1.165) is 35.2 Å². The number of ether oxygens (including phenoxy) is 1. The first kappa shape index (κ1) is 25.4. The van der Waals surface area contributed by atoms with Gasteiger partial charge in [0.25, 0.3) is 5.56 Å². The summed E-state index contributed by atoms with van der Waals surface area (Å²) in [5, 5.41) is 12.3. The molecule has 1 amide bonds. The van der Waals surface area contributed by atoms with Gasteiger partial charge in [0.15, 0.2) is 0 Å². The summed E-state index contributed by atoms with van der Waals surface area (Å²) in [6.45, 7) is 5.12. The Morgan fingerprint density at radius 3 is 2.83 bits per heavy atom. The van der Waals surface area contributed by atoms with Crippen LogP contribution >= 0.6 is 11.3 Å². The molecule has 3 N–H and O–H groups in total. The fourth-order valence-corrected chi connectivity index (χ4v) is 5.19. The molecule has 3 aromatic rings. The molecule has 10 nitrogen and oxygen atoms in total. The van der Waals surface area contributed by atoms with E-state index in [4.69, 9.17) is 25.5 Å². The topological polar surface area (TPSA) is 140 Å². The summed E-state index contributed by atoms with van der Waals surface area (Å²) in [4.78, 5) is 47.1. The maximum Gasteiger partial charge on any atom is 0.404 e. The lowest BCUT2D eigenvalue weighted by Gasteiger charge is -2.33. The summed E-state index contributed by atoms with van der Waals surface area (Å²) in [6.07, 6.45) is 5.42. The van der Waals surface area contributed by atoms with Crippen molar-refractivity contribution in [3.8, 4) is 0 Å². The van der Waals surface area contributed by atoms with Gasteiger partial charge in [-0.15, -0.1) is 11.3 Å². The molecule has 0 aliphatic carbocycles. The standard InChI is InChI=1S/C25H29N5O5S/c1-15(2)19-14-36-21(27-19)7-5-16-9-11-30-20(12-16)28-23(18(24(30)33)6-8-22(31)32)29-10-3-4-17(13-29)35-25(26)34/h6,8-9,11-12,14-15,17H,3-5,7,10,13H2,1-2H3,(H2,26,34)(H,31,32)/b8-6+/t17-/m1/s1. The van der Waals surface area contributed by atoms with Gasteiger partial charge < -0.3 is 20.5 Å². The van der Waals surface area contributed by atoms with Gasteiger partial charge in [-0.3, -0.25) is 9.20 Å². The number of carboxylic acids is 1. The Hall–Kier alpha value is -3.73. The van der Waals surface area contributed by atoms with Gasteiger partial charge in [0.1, 0.15) is 17.6 Å². The lowest BCUT2D eigenvalue weighted by molar-refractivity contribution is -0.131. The summed E-state index contributed by atoms with van der Waals surface area (Å²) in [6, 6.07) is 3.74. The van der Waals surface area contributed by atoms with Crippen LogP contribution in [-0.4, -0.2) is 50.7 Å². The first-order valence-corrected chi connectivity index (χ1v) is 12.7. The van der Waals surface area contributed by atoms with Crippen LogP contribution < -0.4 is 16.2 Å². The average Bonchev–Trinajstić information content (AvgIpc) is 3.31. The molecule has 3 aromatic heterocycles. The quantitative estimate of drug-likeness (QED) is 0.439. The molecule has 1 atom stereocenters. The second-order valence-corrected chi connectivity index (χ2v) is 10.00. The molecule has 0 spiro atoms. The van der Waals surface area contributed by atoms with Gasteiger partial charge in [-0.1, -0.05) is 13.8 Å². The van der Waals surface area contributed by atoms with Gasteiger partial charge >= 0.3 is 12.1 Å². The van der Waals surface area contributed by atoms with Gasteiger partial charge in [-0.25, -0.2) is 19.6 Å². The van der Waals surface area contributed by atoms with E-state index in [1.165, 1.54) is 10.5 Å². The maximum atomic E-state index is 13.4. The van der Waals surface area contributed by atoms with E-state index >= 15 is 0 Å². The Morgan fingerprint density at radius 2 is 2.14 bits per heavy atom. The first-order chi connectivity index (χ1) is 17.2. The molecule has 4 heterocycles. The minimum atomic E-state index is -1.17. The number of piperidine rings is 1. The Labute approximate surface area is 212 Å². The number of pyridine rings is 1. The third kappa shape index (κ3) is 5.91. The van der Waals surface area contributed by atoms with Gasteiger partial charge in [-0.05, 0) is 49.0 Å². The number of fused-ring (bicyclic) bond motifs is 1. The van der Waals surface area contributed by atoms with Crippen LogP contribution in [0.4, 0.5) is 10.6 Å². The number of aromatic nitrogens is 3. The van der Waals surface area contributed by atoms with Crippen LogP contribution in [0.2, 0.25) is 0 Å². The second-order valence-electron chi connectivity index (χ2n) is 9.06. The van der Waals surface area contributed by atoms with E-state index in [1.54, 1.807) is 17.5 Å². The van der Waals surface area contributed by atoms with Crippen molar-refractivity contribution < 1.29 is 19.4 Å². The number of anilines is 1. The number of nitrogens with zero attached hydrogens (tertiary/aromatic N) is 4. The Morgan fingerprint density at radius 1 is 1.33 bits per heavy atom. The molecule has 0 aromatic carbocycles.